The minimum atomic E-state index is -0.0736. The van der Waals surface area contributed by atoms with E-state index in [1.165, 1.54) is 60.0 Å². The van der Waals surface area contributed by atoms with E-state index in [1.54, 1.807) is 0 Å². The van der Waals surface area contributed by atoms with Gasteiger partial charge in [-0.3, -0.25) is 0 Å². The molecule has 7 heteroatoms. The van der Waals surface area contributed by atoms with E-state index in [0.29, 0.717) is 17.0 Å². The van der Waals surface area contributed by atoms with E-state index in [1.807, 2.05) is 18.2 Å². The maximum Gasteiger partial charge on any atom is 0.252 e. The standard InChI is InChI=1S/C42H39BN6/c1-46(2)32-15-17-34(18-16-32)49-39-21-19-35(47(3)4)25-37(39)43-36-22-29(27-45)12-20-38(36)48(33-13-10-28(26-44)11-14-33)40-23-31(24-41(49)42(40)43)30-8-6-5-7-9-30/h10-25,30H,5-9H2,1-4H3. The van der Waals surface area contributed by atoms with Crippen molar-refractivity contribution in [1.29, 1.82) is 10.5 Å². The summed E-state index contributed by atoms with van der Waals surface area (Å²) in [6, 6.07) is 39.4. The van der Waals surface area contributed by atoms with Crippen LogP contribution < -0.4 is 36.0 Å². The average molecular weight is 639 g/mol. The van der Waals surface area contributed by atoms with Gasteiger partial charge in [0.2, 0.25) is 0 Å². The molecule has 2 aliphatic heterocycles. The Morgan fingerprint density at radius 1 is 0.571 bits per heavy atom. The van der Waals surface area contributed by atoms with Gasteiger partial charge in [-0.2, -0.15) is 10.5 Å². The highest BCUT2D eigenvalue weighted by molar-refractivity contribution is 7.00. The van der Waals surface area contributed by atoms with Gasteiger partial charge in [0.05, 0.1) is 23.3 Å². The molecule has 49 heavy (non-hydrogen) atoms. The van der Waals surface area contributed by atoms with Crippen molar-refractivity contribution < 1.29 is 0 Å². The molecule has 0 N–H and O–H groups in total. The Kier molecular flexibility index (Phi) is 7.57. The summed E-state index contributed by atoms with van der Waals surface area (Å²) in [6.07, 6.45) is 6.20. The van der Waals surface area contributed by atoms with Crippen LogP contribution in [0.5, 0.6) is 0 Å². The third-order valence-electron chi connectivity index (χ3n) is 10.7. The molecule has 0 spiro atoms. The van der Waals surface area contributed by atoms with Crippen molar-refractivity contribution in [2.24, 2.45) is 0 Å². The lowest BCUT2D eigenvalue weighted by atomic mass is 9.33. The minimum Gasteiger partial charge on any atom is -0.378 e. The van der Waals surface area contributed by atoms with E-state index in [-0.39, 0.29) is 6.71 Å². The molecule has 8 rings (SSSR count). The molecule has 0 radical (unpaired) electrons. The van der Waals surface area contributed by atoms with Gasteiger partial charge in [0.15, 0.2) is 0 Å². The third-order valence-corrected chi connectivity index (χ3v) is 10.7. The number of rotatable bonds is 5. The number of hydrogen-bond donors (Lipinski definition) is 0. The van der Waals surface area contributed by atoms with Gasteiger partial charge < -0.3 is 19.6 Å². The molecule has 5 aromatic carbocycles. The second kappa shape index (κ2) is 12.1. The van der Waals surface area contributed by atoms with Gasteiger partial charge in [-0.15, -0.1) is 0 Å². The quantitative estimate of drug-likeness (QED) is 0.180. The molecule has 6 nitrogen and oxygen atoms in total. The van der Waals surface area contributed by atoms with Crippen LogP contribution >= 0.6 is 0 Å². The Labute approximate surface area is 290 Å². The predicted molar refractivity (Wildman–Crippen MR) is 204 cm³/mol. The molecule has 0 atom stereocenters. The topological polar surface area (TPSA) is 60.5 Å². The first-order valence-corrected chi connectivity index (χ1v) is 17.3. The van der Waals surface area contributed by atoms with Crippen LogP contribution in [0.1, 0.15) is 54.7 Å². The van der Waals surface area contributed by atoms with Gasteiger partial charge in [-0.25, -0.2) is 0 Å². The van der Waals surface area contributed by atoms with Gasteiger partial charge in [0.25, 0.3) is 6.71 Å². The normalized spacial score (nSPS) is 14.7. The predicted octanol–water partition coefficient (Wildman–Crippen LogP) is 7.69. The number of nitriles is 2. The van der Waals surface area contributed by atoms with Crippen LogP contribution in [-0.4, -0.2) is 34.9 Å². The molecule has 5 aromatic rings. The first-order valence-electron chi connectivity index (χ1n) is 17.3. The van der Waals surface area contributed by atoms with Gasteiger partial charge >= 0.3 is 0 Å². The second-order valence-corrected chi connectivity index (χ2v) is 14.0. The van der Waals surface area contributed by atoms with Gasteiger partial charge in [0, 0.05) is 73.7 Å². The fourth-order valence-corrected chi connectivity index (χ4v) is 8.17. The zero-order valence-corrected chi connectivity index (χ0v) is 28.6. The Hall–Kier alpha value is -5.66. The Bertz CT molecular complexity index is 2150. The Morgan fingerprint density at radius 3 is 1.65 bits per heavy atom. The number of benzene rings is 5. The number of nitrogens with zero attached hydrogens (tertiary/aromatic N) is 6. The van der Waals surface area contributed by atoms with Crippen molar-refractivity contribution in [2.45, 2.75) is 38.0 Å². The maximum atomic E-state index is 10.1. The van der Waals surface area contributed by atoms with Gasteiger partial charge in [-0.05, 0) is 138 Å². The first kappa shape index (κ1) is 30.7. The fourth-order valence-electron chi connectivity index (χ4n) is 8.17. The van der Waals surface area contributed by atoms with Crippen LogP contribution in [0.25, 0.3) is 0 Å². The molecule has 0 unspecified atom stereocenters. The monoisotopic (exact) mass is 638 g/mol. The van der Waals surface area contributed by atoms with E-state index in [4.69, 9.17) is 0 Å². The number of hydrogen-bond acceptors (Lipinski definition) is 6. The summed E-state index contributed by atoms with van der Waals surface area (Å²) < 4.78 is 0. The van der Waals surface area contributed by atoms with Gasteiger partial charge in [0.1, 0.15) is 0 Å². The van der Waals surface area contributed by atoms with Crippen molar-refractivity contribution in [2.75, 3.05) is 47.8 Å². The summed E-state index contributed by atoms with van der Waals surface area (Å²) in [7, 11) is 8.33. The average Bonchev–Trinajstić information content (AvgIpc) is 3.14. The van der Waals surface area contributed by atoms with Crippen molar-refractivity contribution in [1.82, 2.24) is 0 Å². The van der Waals surface area contributed by atoms with Gasteiger partial charge in [-0.1, -0.05) is 19.3 Å². The van der Waals surface area contributed by atoms with Crippen LogP contribution in [0.3, 0.4) is 0 Å². The van der Waals surface area contributed by atoms with E-state index >= 15 is 0 Å². The lowest BCUT2D eigenvalue weighted by Gasteiger charge is -2.45. The van der Waals surface area contributed by atoms with Crippen LogP contribution in [0.2, 0.25) is 0 Å². The van der Waals surface area contributed by atoms with E-state index < -0.39 is 0 Å². The van der Waals surface area contributed by atoms with E-state index in [0.717, 1.165) is 39.6 Å². The molecule has 1 saturated carbocycles. The minimum absolute atomic E-state index is 0.0736. The molecule has 1 aliphatic carbocycles. The van der Waals surface area contributed by atoms with Crippen LogP contribution in [0.4, 0.5) is 45.5 Å². The largest absolute Gasteiger partial charge is 0.378 e. The molecule has 3 aliphatic rings. The van der Waals surface area contributed by atoms with E-state index in [9.17, 15) is 10.5 Å². The molecular formula is C42H39BN6. The van der Waals surface area contributed by atoms with E-state index in [2.05, 4.69) is 139 Å². The van der Waals surface area contributed by atoms with Crippen molar-refractivity contribution in [3.05, 3.63) is 114 Å². The van der Waals surface area contributed by atoms with Crippen LogP contribution in [0, 0.1) is 22.7 Å². The highest BCUT2D eigenvalue weighted by Gasteiger charge is 2.44. The van der Waals surface area contributed by atoms with Crippen molar-refractivity contribution >= 4 is 68.6 Å². The zero-order valence-electron chi connectivity index (χ0n) is 28.6. The summed E-state index contributed by atoms with van der Waals surface area (Å²) in [5.74, 6) is 0.495. The molecule has 240 valence electrons. The zero-order chi connectivity index (χ0) is 33.8. The summed E-state index contributed by atoms with van der Waals surface area (Å²) >= 11 is 0. The summed E-state index contributed by atoms with van der Waals surface area (Å²) in [6.45, 7) is -0.0736. The highest BCUT2D eigenvalue weighted by Crippen LogP contribution is 2.47. The molecule has 0 amide bonds. The van der Waals surface area contributed by atoms with Crippen LogP contribution in [0.15, 0.2) is 97.1 Å². The summed E-state index contributed by atoms with van der Waals surface area (Å²) in [5.41, 5.74) is 15.2. The first-order chi connectivity index (χ1) is 23.9. The fraction of sp³-hybridized carbons (Fsp3) is 0.238. The maximum absolute atomic E-state index is 10.1. The molecule has 0 bridgehead atoms. The SMILES string of the molecule is CN(C)c1ccc(N2c3ccc(N(C)C)cc3B3c4cc(C#N)ccc4N(c4ccc(C#N)cc4)c4cc(C5CCCCC5)cc2c43)cc1. The molecular weight excluding hydrogens is 599 g/mol. The van der Waals surface area contributed by atoms with Crippen LogP contribution in [-0.2, 0) is 0 Å². The van der Waals surface area contributed by atoms with Crippen molar-refractivity contribution in [3.63, 3.8) is 0 Å². The lowest BCUT2D eigenvalue weighted by Crippen LogP contribution is -2.61. The Balaban J connectivity index is 1.47. The number of fused-ring (bicyclic) bond motifs is 4. The number of anilines is 8. The molecule has 0 saturated heterocycles. The molecule has 0 aromatic heterocycles. The smallest absolute Gasteiger partial charge is 0.252 e. The summed E-state index contributed by atoms with van der Waals surface area (Å²) in [5, 5.41) is 19.8. The third kappa shape index (κ3) is 5.09. The van der Waals surface area contributed by atoms with Crippen molar-refractivity contribution in [3.8, 4) is 12.1 Å². The molecule has 1 fully saturated rings. The highest BCUT2D eigenvalue weighted by atomic mass is 15.2. The summed E-state index contributed by atoms with van der Waals surface area (Å²) in [4.78, 5) is 9.13. The lowest BCUT2D eigenvalue weighted by molar-refractivity contribution is 0.444. The second-order valence-electron chi connectivity index (χ2n) is 14.0. The molecule has 2 heterocycles. The Morgan fingerprint density at radius 2 is 1.08 bits per heavy atom.